The predicted octanol–water partition coefficient (Wildman–Crippen LogP) is -0.0189. The fourth-order valence-electron chi connectivity index (χ4n) is 2.27. The standard InChI is InChI=1S/C12H19N5O4S.ClH/c13-22(20,21)10-1-2-11(12(9-10)17(18)19)15-5-8-16-6-3-14-4-7-16;/h1-2,9,14-15H,3-8H2,(H2,13,20,21);1H. The summed E-state index contributed by atoms with van der Waals surface area (Å²) in [5.41, 5.74) is -0.0145. The molecule has 0 aliphatic carbocycles. The van der Waals surface area contributed by atoms with Gasteiger partial charge in [0.2, 0.25) is 10.0 Å². The number of nitro benzene ring substituents is 1. The molecule has 0 saturated carbocycles. The van der Waals surface area contributed by atoms with Crippen LogP contribution < -0.4 is 15.8 Å². The Hall–Kier alpha value is -1.46. The van der Waals surface area contributed by atoms with E-state index in [1.165, 1.54) is 12.1 Å². The minimum atomic E-state index is -3.96. The summed E-state index contributed by atoms with van der Waals surface area (Å²) in [6.45, 7) is 5.04. The van der Waals surface area contributed by atoms with Crippen LogP contribution in [0.2, 0.25) is 0 Å². The van der Waals surface area contributed by atoms with Gasteiger partial charge < -0.3 is 10.6 Å². The van der Waals surface area contributed by atoms with E-state index in [0.29, 0.717) is 6.54 Å². The summed E-state index contributed by atoms with van der Waals surface area (Å²) in [6.07, 6.45) is 0. The molecule has 1 aromatic carbocycles. The summed E-state index contributed by atoms with van der Waals surface area (Å²) < 4.78 is 22.5. The molecular formula is C12H20ClN5O4S. The molecule has 0 aromatic heterocycles. The number of hydrogen-bond acceptors (Lipinski definition) is 7. The largest absolute Gasteiger partial charge is 0.378 e. The molecule has 1 fully saturated rings. The summed E-state index contributed by atoms with van der Waals surface area (Å²) in [6, 6.07) is 3.60. The molecule has 4 N–H and O–H groups in total. The highest BCUT2D eigenvalue weighted by Crippen LogP contribution is 2.26. The first-order valence-corrected chi connectivity index (χ1v) is 8.41. The SMILES string of the molecule is Cl.NS(=O)(=O)c1ccc(NCCN2CCNCC2)c([N+](=O)[O-])c1. The van der Waals surface area contributed by atoms with Crippen molar-refractivity contribution in [3.8, 4) is 0 Å². The summed E-state index contributed by atoms with van der Waals surface area (Å²) in [7, 11) is -3.96. The van der Waals surface area contributed by atoms with Crippen LogP contribution >= 0.6 is 12.4 Å². The smallest absolute Gasteiger partial charge is 0.293 e. The van der Waals surface area contributed by atoms with Gasteiger partial charge in [-0.3, -0.25) is 15.0 Å². The fourth-order valence-corrected chi connectivity index (χ4v) is 2.81. The van der Waals surface area contributed by atoms with E-state index >= 15 is 0 Å². The van der Waals surface area contributed by atoms with Crippen molar-refractivity contribution in [2.75, 3.05) is 44.6 Å². The number of hydrogen-bond donors (Lipinski definition) is 3. The monoisotopic (exact) mass is 365 g/mol. The molecule has 1 heterocycles. The van der Waals surface area contributed by atoms with Crippen molar-refractivity contribution >= 4 is 33.8 Å². The van der Waals surface area contributed by atoms with Crippen LogP contribution in [0.1, 0.15) is 0 Å². The maximum absolute atomic E-state index is 11.3. The fraction of sp³-hybridized carbons (Fsp3) is 0.500. The lowest BCUT2D eigenvalue weighted by Crippen LogP contribution is -2.45. The van der Waals surface area contributed by atoms with Gasteiger partial charge in [-0.05, 0) is 12.1 Å². The second-order valence-corrected chi connectivity index (χ2v) is 6.56. The summed E-state index contributed by atoms with van der Waals surface area (Å²) in [4.78, 5) is 12.4. The molecule has 0 bridgehead atoms. The molecule has 0 spiro atoms. The number of anilines is 1. The van der Waals surface area contributed by atoms with Gasteiger partial charge in [-0.1, -0.05) is 0 Å². The quantitative estimate of drug-likeness (QED) is 0.477. The van der Waals surface area contributed by atoms with E-state index in [2.05, 4.69) is 15.5 Å². The van der Waals surface area contributed by atoms with E-state index in [1.807, 2.05) is 0 Å². The number of benzene rings is 1. The molecule has 11 heteroatoms. The number of nitro groups is 1. The molecular weight excluding hydrogens is 346 g/mol. The van der Waals surface area contributed by atoms with E-state index in [0.717, 1.165) is 38.8 Å². The van der Waals surface area contributed by atoms with Gasteiger partial charge in [0.25, 0.3) is 5.69 Å². The molecule has 1 aromatic rings. The zero-order valence-electron chi connectivity index (χ0n) is 12.4. The second kappa shape index (κ2) is 8.41. The molecule has 2 rings (SSSR count). The average Bonchev–Trinajstić information content (AvgIpc) is 2.47. The summed E-state index contributed by atoms with van der Waals surface area (Å²) in [5.74, 6) is 0. The molecule has 23 heavy (non-hydrogen) atoms. The van der Waals surface area contributed by atoms with Gasteiger partial charge in [0.15, 0.2) is 0 Å². The molecule has 0 amide bonds. The third-order valence-corrected chi connectivity index (χ3v) is 4.36. The van der Waals surface area contributed by atoms with Crippen LogP contribution in [0, 0.1) is 10.1 Å². The molecule has 0 atom stereocenters. The Morgan fingerprint density at radius 1 is 1.35 bits per heavy atom. The van der Waals surface area contributed by atoms with Crippen LogP contribution in [-0.4, -0.2) is 57.5 Å². The van der Waals surface area contributed by atoms with Crippen molar-refractivity contribution in [2.45, 2.75) is 4.90 Å². The highest BCUT2D eigenvalue weighted by atomic mass is 35.5. The molecule has 1 aliphatic rings. The number of rotatable bonds is 6. The molecule has 0 unspecified atom stereocenters. The van der Waals surface area contributed by atoms with Crippen LogP contribution in [0.15, 0.2) is 23.1 Å². The third-order valence-electron chi connectivity index (χ3n) is 3.45. The molecule has 9 nitrogen and oxygen atoms in total. The molecule has 0 radical (unpaired) electrons. The zero-order chi connectivity index (χ0) is 16.2. The molecule has 1 aliphatic heterocycles. The van der Waals surface area contributed by atoms with E-state index < -0.39 is 14.9 Å². The second-order valence-electron chi connectivity index (χ2n) is 5.00. The van der Waals surface area contributed by atoms with Crippen LogP contribution in [0.3, 0.4) is 0 Å². The van der Waals surface area contributed by atoms with E-state index in [-0.39, 0.29) is 28.7 Å². The van der Waals surface area contributed by atoms with Crippen molar-refractivity contribution in [2.24, 2.45) is 5.14 Å². The lowest BCUT2D eigenvalue weighted by atomic mass is 10.2. The topological polar surface area (TPSA) is 131 Å². The Morgan fingerprint density at radius 2 is 2.00 bits per heavy atom. The van der Waals surface area contributed by atoms with Gasteiger partial charge in [-0.25, -0.2) is 13.6 Å². The number of nitrogens with one attached hydrogen (secondary N) is 2. The van der Waals surface area contributed by atoms with Crippen LogP contribution in [0.5, 0.6) is 0 Å². The van der Waals surface area contributed by atoms with Crippen molar-refractivity contribution in [1.82, 2.24) is 10.2 Å². The Morgan fingerprint density at radius 3 is 2.57 bits per heavy atom. The maximum atomic E-state index is 11.3. The number of sulfonamides is 1. The van der Waals surface area contributed by atoms with Gasteiger partial charge in [0.05, 0.1) is 9.82 Å². The van der Waals surface area contributed by atoms with Crippen molar-refractivity contribution < 1.29 is 13.3 Å². The minimum Gasteiger partial charge on any atom is -0.378 e. The Kier molecular flexibility index (Phi) is 7.16. The predicted molar refractivity (Wildman–Crippen MR) is 89.5 cm³/mol. The van der Waals surface area contributed by atoms with Crippen molar-refractivity contribution in [3.63, 3.8) is 0 Å². The minimum absolute atomic E-state index is 0. The van der Waals surface area contributed by atoms with Crippen LogP contribution in [0.4, 0.5) is 11.4 Å². The Bertz CT molecular complexity index is 649. The highest BCUT2D eigenvalue weighted by molar-refractivity contribution is 7.89. The molecule has 130 valence electrons. The number of piperazine rings is 1. The number of nitrogens with two attached hydrogens (primary N) is 1. The summed E-state index contributed by atoms with van der Waals surface area (Å²) in [5, 5.41) is 22.3. The number of halogens is 1. The number of primary sulfonamides is 1. The Labute approximate surface area is 140 Å². The van der Waals surface area contributed by atoms with Gasteiger partial charge in [0.1, 0.15) is 5.69 Å². The number of nitrogens with zero attached hydrogens (tertiary/aromatic N) is 2. The Balaban J connectivity index is 0.00000264. The van der Waals surface area contributed by atoms with Crippen LogP contribution in [-0.2, 0) is 10.0 Å². The lowest BCUT2D eigenvalue weighted by Gasteiger charge is -2.27. The van der Waals surface area contributed by atoms with Gasteiger partial charge in [-0.15, -0.1) is 12.4 Å². The normalized spacial score (nSPS) is 15.7. The van der Waals surface area contributed by atoms with Gasteiger partial charge in [0, 0.05) is 45.3 Å². The van der Waals surface area contributed by atoms with Crippen LogP contribution in [0.25, 0.3) is 0 Å². The highest BCUT2D eigenvalue weighted by Gasteiger charge is 2.19. The van der Waals surface area contributed by atoms with E-state index in [4.69, 9.17) is 5.14 Å². The average molecular weight is 366 g/mol. The third kappa shape index (κ3) is 5.59. The van der Waals surface area contributed by atoms with Crippen molar-refractivity contribution in [3.05, 3.63) is 28.3 Å². The van der Waals surface area contributed by atoms with Gasteiger partial charge in [-0.2, -0.15) is 0 Å². The van der Waals surface area contributed by atoms with E-state index in [1.54, 1.807) is 0 Å². The first-order valence-electron chi connectivity index (χ1n) is 6.86. The first kappa shape index (κ1) is 19.6. The first-order chi connectivity index (χ1) is 10.4. The molecule has 1 saturated heterocycles. The maximum Gasteiger partial charge on any atom is 0.293 e. The van der Waals surface area contributed by atoms with Crippen molar-refractivity contribution in [1.29, 1.82) is 0 Å². The van der Waals surface area contributed by atoms with E-state index in [9.17, 15) is 18.5 Å². The van der Waals surface area contributed by atoms with Gasteiger partial charge >= 0.3 is 0 Å². The zero-order valence-corrected chi connectivity index (χ0v) is 14.0. The lowest BCUT2D eigenvalue weighted by molar-refractivity contribution is -0.384. The summed E-state index contributed by atoms with van der Waals surface area (Å²) >= 11 is 0.